The van der Waals surface area contributed by atoms with Gasteiger partial charge in [0.15, 0.2) is 0 Å². The topological polar surface area (TPSA) is 56.8 Å². The van der Waals surface area contributed by atoms with Gasteiger partial charge in [0.25, 0.3) is 0 Å². The number of benzene rings is 2. The van der Waals surface area contributed by atoms with Crippen LogP contribution in [0.5, 0.6) is 17.2 Å². The molecule has 6 heteroatoms. The molecule has 134 valence electrons. The van der Waals surface area contributed by atoms with Crippen LogP contribution in [0.2, 0.25) is 0 Å². The van der Waals surface area contributed by atoms with Crippen molar-refractivity contribution in [3.05, 3.63) is 53.0 Å². The first-order valence-electron chi connectivity index (χ1n) is 8.09. The molecule has 0 saturated heterocycles. The maximum atomic E-state index is 11.8. The molecule has 1 amide bonds. The van der Waals surface area contributed by atoms with Crippen molar-refractivity contribution in [3.8, 4) is 17.2 Å². The monoisotopic (exact) mass is 407 g/mol. The average Bonchev–Trinajstić information content (AvgIpc) is 2.63. The van der Waals surface area contributed by atoms with E-state index in [-0.39, 0.29) is 5.91 Å². The van der Waals surface area contributed by atoms with E-state index < -0.39 is 0 Å². The molecule has 0 atom stereocenters. The Morgan fingerprint density at radius 2 is 1.72 bits per heavy atom. The predicted octanol–water partition coefficient (Wildman–Crippen LogP) is 3.81. The van der Waals surface area contributed by atoms with Crippen LogP contribution in [0.25, 0.3) is 0 Å². The molecule has 0 heterocycles. The SMILES string of the molecule is COc1ccc(OCCNC(=O)CCCOc2cccc(Br)c2)cc1. The van der Waals surface area contributed by atoms with Crippen molar-refractivity contribution in [2.45, 2.75) is 12.8 Å². The summed E-state index contributed by atoms with van der Waals surface area (Å²) in [6, 6.07) is 15.0. The molecule has 0 fully saturated rings. The maximum absolute atomic E-state index is 11.8. The second kappa shape index (κ2) is 10.6. The van der Waals surface area contributed by atoms with Crippen molar-refractivity contribution in [2.75, 3.05) is 26.9 Å². The predicted molar refractivity (Wildman–Crippen MR) is 100 cm³/mol. The molecule has 0 aliphatic heterocycles. The van der Waals surface area contributed by atoms with Crippen molar-refractivity contribution < 1.29 is 19.0 Å². The zero-order valence-corrected chi connectivity index (χ0v) is 15.8. The molecule has 0 spiro atoms. The Hall–Kier alpha value is -2.21. The summed E-state index contributed by atoms with van der Waals surface area (Å²) in [7, 11) is 1.62. The van der Waals surface area contributed by atoms with Crippen LogP contribution in [0.1, 0.15) is 12.8 Å². The number of rotatable bonds is 10. The first-order chi connectivity index (χ1) is 12.2. The minimum absolute atomic E-state index is 0.00354. The third kappa shape index (κ3) is 7.47. The van der Waals surface area contributed by atoms with Crippen LogP contribution in [0.15, 0.2) is 53.0 Å². The third-order valence-electron chi connectivity index (χ3n) is 3.37. The molecule has 0 bridgehead atoms. The van der Waals surface area contributed by atoms with Crippen molar-refractivity contribution >= 4 is 21.8 Å². The molecular formula is C19H22BrNO4. The quantitative estimate of drug-likeness (QED) is 0.608. The fraction of sp³-hybridized carbons (Fsp3) is 0.316. The van der Waals surface area contributed by atoms with Gasteiger partial charge in [0.1, 0.15) is 23.9 Å². The van der Waals surface area contributed by atoms with E-state index in [9.17, 15) is 4.79 Å². The fourth-order valence-corrected chi connectivity index (χ4v) is 2.48. The molecule has 5 nitrogen and oxygen atoms in total. The minimum Gasteiger partial charge on any atom is -0.497 e. The van der Waals surface area contributed by atoms with Gasteiger partial charge in [0.05, 0.1) is 20.3 Å². The number of hydrogen-bond acceptors (Lipinski definition) is 4. The number of carbonyl (C=O) groups is 1. The van der Waals surface area contributed by atoms with Gasteiger partial charge in [-0.25, -0.2) is 0 Å². The Kier molecular flexibility index (Phi) is 8.12. The Labute approximate surface area is 156 Å². The smallest absolute Gasteiger partial charge is 0.220 e. The number of amides is 1. The first kappa shape index (κ1) is 19.1. The summed E-state index contributed by atoms with van der Waals surface area (Å²) in [6.07, 6.45) is 1.09. The van der Waals surface area contributed by atoms with Crippen molar-refractivity contribution in [1.82, 2.24) is 5.32 Å². The molecule has 2 rings (SSSR count). The summed E-state index contributed by atoms with van der Waals surface area (Å²) >= 11 is 3.39. The van der Waals surface area contributed by atoms with Gasteiger partial charge in [0, 0.05) is 10.9 Å². The fourth-order valence-electron chi connectivity index (χ4n) is 2.10. The van der Waals surface area contributed by atoms with Crippen LogP contribution >= 0.6 is 15.9 Å². The van der Waals surface area contributed by atoms with Crippen molar-refractivity contribution in [1.29, 1.82) is 0 Å². The van der Waals surface area contributed by atoms with Gasteiger partial charge in [-0.05, 0) is 48.9 Å². The van der Waals surface area contributed by atoms with Gasteiger partial charge in [-0.2, -0.15) is 0 Å². The van der Waals surface area contributed by atoms with Crippen LogP contribution in [0, 0.1) is 0 Å². The van der Waals surface area contributed by atoms with E-state index >= 15 is 0 Å². The normalized spacial score (nSPS) is 10.2. The summed E-state index contributed by atoms with van der Waals surface area (Å²) in [4.78, 5) is 11.8. The van der Waals surface area contributed by atoms with Gasteiger partial charge in [-0.15, -0.1) is 0 Å². The molecule has 1 N–H and O–H groups in total. The van der Waals surface area contributed by atoms with Crippen molar-refractivity contribution in [3.63, 3.8) is 0 Å². The highest BCUT2D eigenvalue weighted by Gasteiger charge is 2.02. The van der Waals surface area contributed by atoms with Crippen LogP contribution in [-0.4, -0.2) is 32.8 Å². The number of carbonyl (C=O) groups excluding carboxylic acids is 1. The Balaban J connectivity index is 1.53. The second-order valence-electron chi connectivity index (χ2n) is 5.28. The molecular weight excluding hydrogens is 386 g/mol. The summed E-state index contributed by atoms with van der Waals surface area (Å²) in [5.41, 5.74) is 0. The number of ether oxygens (including phenoxy) is 3. The lowest BCUT2D eigenvalue weighted by Gasteiger charge is -2.09. The lowest BCUT2D eigenvalue weighted by molar-refractivity contribution is -0.121. The van der Waals surface area contributed by atoms with E-state index in [2.05, 4.69) is 21.2 Å². The highest BCUT2D eigenvalue weighted by atomic mass is 79.9. The van der Waals surface area contributed by atoms with Gasteiger partial charge in [0.2, 0.25) is 5.91 Å². The van der Waals surface area contributed by atoms with E-state index in [1.165, 1.54) is 0 Å². The molecule has 0 aliphatic rings. The molecule has 0 saturated carbocycles. The van der Waals surface area contributed by atoms with Crippen LogP contribution < -0.4 is 19.5 Å². The van der Waals surface area contributed by atoms with Gasteiger partial charge in [-0.3, -0.25) is 4.79 Å². The van der Waals surface area contributed by atoms with E-state index in [0.29, 0.717) is 32.6 Å². The average molecular weight is 408 g/mol. The Morgan fingerprint density at radius 1 is 1.00 bits per heavy atom. The molecule has 0 aliphatic carbocycles. The number of methoxy groups -OCH3 is 1. The standard InChI is InChI=1S/C19H22BrNO4/c1-23-16-7-9-17(10-8-16)25-13-11-21-19(22)6-3-12-24-18-5-2-4-15(20)14-18/h2,4-5,7-10,14H,3,6,11-13H2,1H3,(H,21,22). The van der Waals surface area contributed by atoms with E-state index in [4.69, 9.17) is 14.2 Å². The van der Waals surface area contributed by atoms with Crippen LogP contribution in [0.4, 0.5) is 0 Å². The number of hydrogen-bond donors (Lipinski definition) is 1. The highest BCUT2D eigenvalue weighted by Crippen LogP contribution is 2.18. The molecule has 2 aromatic rings. The Bertz CT molecular complexity index is 661. The maximum Gasteiger partial charge on any atom is 0.220 e. The van der Waals surface area contributed by atoms with Gasteiger partial charge >= 0.3 is 0 Å². The summed E-state index contributed by atoms with van der Waals surface area (Å²) in [5.74, 6) is 2.32. The number of nitrogens with one attached hydrogen (secondary N) is 1. The molecule has 0 aromatic heterocycles. The Morgan fingerprint density at radius 3 is 2.44 bits per heavy atom. The summed E-state index contributed by atoms with van der Waals surface area (Å²) in [6.45, 7) is 1.40. The second-order valence-corrected chi connectivity index (χ2v) is 6.20. The minimum atomic E-state index is -0.00354. The largest absolute Gasteiger partial charge is 0.497 e. The van der Waals surface area contributed by atoms with Crippen LogP contribution in [0.3, 0.4) is 0 Å². The third-order valence-corrected chi connectivity index (χ3v) is 3.86. The van der Waals surface area contributed by atoms with Crippen LogP contribution in [-0.2, 0) is 4.79 Å². The number of halogens is 1. The zero-order chi connectivity index (χ0) is 17.9. The lowest BCUT2D eigenvalue weighted by Crippen LogP contribution is -2.28. The van der Waals surface area contributed by atoms with E-state index in [1.807, 2.05) is 48.5 Å². The van der Waals surface area contributed by atoms with E-state index in [0.717, 1.165) is 21.7 Å². The molecule has 0 unspecified atom stereocenters. The van der Waals surface area contributed by atoms with Crippen molar-refractivity contribution in [2.24, 2.45) is 0 Å². The van der Waals surface area contributed by atoms with Gasteiger partial charge in [-0.1, -0.05) is 22.0 Å². The van der Waals surface area contributed by atoms with Gasteiger partial charge < -0.3 is 19.5 Å². The summed E-state index contributed by atoms with van der Waals surface area (Å²) < 4.78 is 17.2. The highest BCUT2D eigenvalue weighted by molar-refractivity contribution is 9.10. The molecule has 25 heavy (non-hydrogen) atoms. The summed E-state index contributed by atoms with van der Waals surface area (Å²) in [5, 5.41) is 2.83. The lowest BCUT2D eigenvalue weighted by atomic mass is 10.3. The van der Waals surface area contributed by atoms with E-state index in [1.54, 1.807) is 7.11 Å². The first-order valence-corrected chi connectivity index (χ1v) is 8.88. The molecule has 2 aromatic carbocycles. The molecule has 0 radical (unpaired) electrons. The zero-order valence-electron chi connectivity index (χ0n) is 14.2.